The normalized spacial score (nSPS) is 20.6. The highest BCUT2D eigenvalue weighted by atomic mass is 79.9. The molecule has 0 aliphatic carbocycles. The topological polar surface area (TPSA) is 54.7 Å². The summed E-state index contributed by atoms with van der Waals surface area (Å²) in [5, 5.41) is 3.44. The van der Waals surface area contributed by atoms with Crippen LogP contribution in [0, 0.1) is 0 Å². The smallest absolute Gasteiger partial charge is 0.155 e. The molecule has 20 heavy (non-hydrogen) atoms. The van der Waals surface area contributed by atoms with E-state index >= 15 is 0 Å². The van der Waals surface area contributed by atoms with Gasteiger partial charge >= 0.3 is 0 Å². The van der Waals surface area contributed by atoms with Gasteiger partial charge in [-0.15, -0.1) is 0 Å². The van der Waals surface area contributed by atoms with Crippen molar-refractivity contribution in [2.24, 2.45) is 0 Å². The Hall–Kier alpha value is -1.02. The largest absolute Gasteiger partial charge is 0.374 e. The first-order chi connectivity index (χ1) is 9.72. The van der Waals surface area contributed by atoms with E-state index in [4.69, 9.17) is 4.74 Å². The molecule has 0 spiro atoms. The van der Waals surface area contributed by atoms with Crippen molar-refractivity contribution < 1.29 is 4.74 Å². The zero-order chi connectivity index (χ0) is 13.9. The number of aromatic nitrogens is 3. The molecule has 0 radical (unpaired) electrons. The number of morpholine rings is 1. The molecule has 1 unspecified atom stereocenters. The number of ether oxygens (including phenoxy) is 1. The lowest BCUT2D eigenvalue weighted by Crippen LogP contribution is -2.44. The first-order valence-corrected chi connectivity index (χ1v) is 7.50. The Morgan fingerprint density at radius 1 is 1.45 bits per heavy atom. The number of likely N-dealkylation sites (N-methyl/N-ethyl adjacent to an activating group) is 1. The van der Waals surface area contributed by atoms with Gasteiger partial charge in [0.25, 0.3) is 0 Å². The van der Waals surface area contributed by atoms with E-state index in [1.807, 2.05) is 16.8 Å². The lowest BCUT2D eigenvalue weighted by Gasteiger charge is -2.30. The number of hydrogen-bond acceptors (Lipinski definition) is 5. The second-order valence-corrected chi connectivity index (χ2v) is 5.89. The number of hydrogen-bond donors (Lipinski definition) is 1. The van der Waals surface area contributed by atoms with Crippen LogP contribution >= 0.6 is 15.9 Å². The number of nitrogens with one attached hydrogen (secondary N) is 1. The van der Waals surface area contributed by atoms with Crippen molar-refractivity contribution in [2.75, 3.05) is 33.3 Å². The maximum Gasteiger partial charge on any atom is 0.155 e. The van der Waals surface area contributed by atoms with Gasteiger partial charge in [-0.2, -0.15) is 0 Å². The number of nitrogens with zero attached hydrogens (tertiary/aromatic N) is 4. The van der Waals surface area contributed by atoms with E-state index in [0.717, 1.165) is 48.7 Å². The Morgan fingerprint density at radius 2 is 2.35 bits per heavy atom. The Balaban J connectivity index is 1.58. The monoisotopic (exact) mass is 339 g/mol. The third kappa shape index (κ3) is 3.17. The highest BCUT2D eigenvalue weighted by molar-refractivity contribution is 9.10. The molecule has 6 nitrogen and oxygen atoms in total. The average molecular weight is 340 g/mol. The SMILES string of the molecule is CN1CCOC(CNCc2cnc3cnc(Br)cn23)C1. The van der Waals surface area contributed by atoms with Gasteiger partial charge in [0.05, 0.1) is 30.8 Å². The number of fused-ring (bicyclic) bond motifs is 1. The molecule has 1 aliphatic heterocycles. The molecule has 108 valence electrons. The summed E-state index contributed by atoms with van der Waals surface area (Å²) in [7, 11) is 2.13. The van der Waals surface area contributed by atoms with Crippen LogP contribution in [0.1, 0.15) is 5.69 Å². The molecule has 0 bridgehead atoms. The number of rotatable bonds is 4. The highest BCUT2D eigenvalue weighted by Crippen LogP contribution is 2.10. The molecule has 0 amide bonds. The predicted octanol–water partition coefficient (Wildman–Crippen LogP) is 0.912. The molecule has 1 saturated heterocycles. The predicted molar refractivity (Wildman–Crippen MR) is 79.6 cm³/mol. The summed E-state index contributed by atoms with van der Waals surface area (Å²) in [6, 6.07) is 0. The molecule has 0 saturated carbocycles. The van der Waals surface area contributed by atoms with Crippen LogP contribution < -0.4 is 5.32 Å². The van der Waals surface area contributed by atoms with E-state index in [9.17, 15) is 0 Å². The van der Waals surface area contributed by atoms with Gasteiger partial charge in [-0.1, -0.05) is 0 Å². The molecule has 2 aromatic heterocycles. The molecule has 3 rings (SSSR count). The van der Waals surface area contributed by atoms with Crippen LogP contribution in [0.3, 0.4) is 0 Å². The summed E-state index contributed by atoms with van der Waals surface area (Å²) in [5.74, 6) is 0. The third-order valence-corrected chi connectivity index (χ3v) is 3.87. The lowest BCUT2D eigenvalue weighted by atomic mass is 10.3. The third-order valence-electron chi connectivity index (χ3n) is 3.46. The zero-order valence-corrected chi connectivity index (χ0v) is 13.0. The van der Waals surface area contributed by atoms with E-state index < -0.39 is 0 Å². The van der Waals surface area contributed by atoms with Crippen LogP contribution in [0.2, 0.25) is 0 Å². The molecule has 1 atom stereocenters. The van der Waals surface area contributed by atoms with Gasteiger partial charge in [-0.25, -0.2) is 9.97 Å². The Bertz CT molecular complexity index is 587. The van der Waals surface area contributed by atoms with Crippen LogP contribution in [0.4, 0.5) is 0 Å². The Kier molecular flexibility index (Phi) is 4.30. The minimum Gasteiger partial charge on any atom is -0.374 e. The first-order valence-electron chi connectivity index (χ1n) is 6.71. The van der Waals surface area contributed by atoms with Gasteiger partial charge in [-0.3, -0.25) is 4.40 Å². The van der Waals surface area contributed by atoms with Crippen molar-refractivity contribution in [3.05, 3.63) is 28.9 Å². The Labute approximate surface area is 126 Å². The maximum absolute atomic E-state index is 5.73. The van der Waals surface area contributed by atoms with Crippen molar-refractivity contribution in [1.29, 1.82) is 0 Å². The molecule has 2 aromatic rings. The highest BCUT2D eigenvalue weighted by Gasteiger charge is 2.17. The lowest BCUT2D eigenvalue weighted by molar-refractivity contribution is -0.0182. The van der Waals surface area contributed by atoms with Gasteiger partial charge in [0.2, 0.25) is 0 Å². The molecule has 1 fully saturated rings. The van der Waals surface area contributed by atoms with Crippen molar-refractivity contribution in [1.82, 2.24) is 24.6 Å². The summed E-state index contributed by atoms with van der Waals surface area (Å²) >= 11 is 3.38. The number of imidazole rings is 1. The summed E-state index contributed by atoms with van der Waals surface area (Å²) in [6.45, 7) is 4.43. The standard InChI is InChI=1S/C13H18BrN5O/c1-18-2-3-20-11(8-18)6-15-4-10-5-17-13-7-16-12(14)9-19(10)13/h5,7,9,11,15H,2-4,6,8H2,1H3. The quantitative estimate of drug-likeness (QED) is 0.897. The van der Waals surface area contributed by atoms with Crippen LogP contribution in [0.5, 0.6) is 0 Å². The fourth-order valence-electron chi connectivity index (χ4n) is 2.40. The van der Waals surface area contributed by atoms with Crippen molar-refractivity contribution in [2.45, 2.75) is 12.6 Å². The summed E-state index contributed by atoms with van der Waals surface area (Å²) in [5.41, 5.74) is 1.98. The van der Waals surface area contributed by atoms with Gasteiger partial charge in [0, 0.05) is 32.4 Å². The van der Waals surface area contributed by atoms with Gasteiger partial charge in [-0.05, 0) is 23.0 Å². The van der Waals surface area contributed by atoms with Crippen molar-refractivity contribution in [3.63, 3.8) is 0 Å². The van der Waals surface area contributed by atoms with Gasteiger partial charge < -0.3 is 15.0 Å². The van der Waals surface area contributed by atoms with E-state index in [2.05, 4.69) is 43.2 Å². The molecular formula is C13H18BrN5O. The van der Waals surface area contributed by atoms with E-state index in [0.29, 0.717) is 0 Å². The molecule has 3 heterocycles. The molecule has 0 aromatic carbocycles. The van der Waals surface area contributed by atoms with Crippen molar-refractivity contribution >= 4 is 21.6 Å². The molecular weight excluding hydrogens is 322 g/mol. The fourth-order valence-corrected chi connectivity index (χ4v) is 2.71. The second kappa shape index (κ2) is 6.17. The Morgan fingerprint density at radius 3 is 3.20 bits per heavy atom. The minimum absolute atomic E-state index is 0.265. The van der Waals surface area contributed by atoms with Crippen LogP contribution in [-0.4, -0.2) is 58.7 Å². The zero-order valence-electron chi connectivity index (χ0n) is 11.4. The first kappa shape index (κ1) is 13.9. The second-order valence-electron chi connectivity index (χ2n) is 5.07. The van der Waals surface area contributed by atoms with E-state index in [1.54, 1.807) is 6.20 Å². The minimum atomic E-state index is 0.265. The summed E-state index contributed by atoms with van der Waals surface area (Å²) in [6.07, 6.45) is 5.84. The maximum atomic E-state index is 5.73. The van der Waals surface area contributed by atoms with E-state index in [-0.39, 0.29) is 6.10 Å². The molecule has 7 heteroatoms. The average Bonchev–Trinajstić information content (AvgIpc) is 2.82. The fraction of sp³-hybridized carbons (Fsp3) is 0.538. The van der Waals surface area contributed by atoms with Crippen LogP contribution in [0.25, 0.3) is 5.65 Å². The van der Waals surface area contributed by atoms with E-state index in [1.165, 1.54) is 0 Å². The van der Waals surface area contributed by atoms with Crippen molar-refractivity contribution in [3.8, 4) is 0 Å². The molecule has 1 N–H and O–H groups in total. The summed E-state index contributed by atoms with van der Waals surface area (Å²) in [4.78, 5) is 10.8. The molecule has 1 aliphatic rings. The van der Waals surface area contributed by atoms with Crippen LogP contribution in [0.15, 0.2) is 23.2 Å². The van der Waals surface area contributed by atoms with Gasteiger partial charge in [0.15, 0.2) is 5.65 Å². The van der Waals surface area contributed by atoms with Crippen LogP contribution in [-0.2, 0) is 11.3 Å². The number of halogens is 1. The van der Waals surface area contributed by atoms with Gasteiger partial charge in [0.1, 0.15) is 4.60 Å². The summed E-state index contributed by atoms with van der Waals surface area (Å²) < 4.78 is 8.58.